The number of rotatable bonds is 5. The van der Waals surface area contributed by atoms with Crippen LogP contribution < -0.4 is 10.6 Å². The predicted octanol–water partition coefficient (Wildman–Crippen LogP) is 6.26. The highest BCUT2D eigenvalue weighted by molar-refractivity contribution is 5.69. The zero-order valence-electron chi connectivity index (χ0n) is 15.6. The molecule has 1 aromatic heterocycles. The number of aryl methyl sites for hydroxylation is 2. The number of nitrogens with zero attached hydrogens (tertiary/aromatic N) is 4. The van der Waals surface area contributed by atoms with Gasteiger partial charge < -0.3 is 10.6 Å². The number of benzene rings is 2. The van der Waals surface area contributed by atoms with Gasteiger partial charge in [-0.3, -0.25) is 0 Å². The molecule has 0 fully saturated rings. The van der Waals surface area contributed by atoms with E-state index in [1.54, 1.807) is 30.5 Å². The van der Waals surface area contributed by atoms with Gasteiger partial charge in [0.1, 0.15) is 5.82 Å². The van der Waals surface area contributed by atoms with E-state index in [9.17, 15) is 0 Å². The van der Waals surface area contributed by atoms with Crippen LogP contribution in [0.4, 0.5) is 23.1 Å². The lowest BCUT2D eigenvalue weighted by atomic mass is 10.0. The molecule has 6 nitrogen and oxygen atoms in total. The molecule has 3 aromatic rings. The third kappa shape index (κ3) is 5.92. The molecule has 6 heteroatoms. The van der Waals surface area contributed by atoms with E-state index in [2.05, 4.69) is 26.7 Å². The van der Waals surface area contributed by atoms with E-state index in [1.165, 1.54) is 6.08 Å². The first-order valence-electron chi connectivity index (χ1n) is 8.63. The molecule has 0 saturated carbocycles. The van der Waals surface area contributed by atoms with Gasteiger partial charge in [0.2, 0.25) is 5.95 Å². The molecular weight excluding hydrogens is 372 g/mol. The molecule has 30 heavy (non-hydrogen) atoms. The molecule has 1 heterocycles. The Kier molecular flexibility index (Phi) is 8.75. The molecule has 0 unspecified atom stereocenters. The minimum absolute atomic E-state index is 0. The lowest BCUT2D eigenvalue weighted by molar-refractivity contribution is 1.16. The standard InChI is InChI=1S/C22H18N6.2CH4/c1-15-12-18(4-3-10-23)13-16(2)21(15)27-20-9-11-25-22(28-20)26-19-7-5-17(14-24)6-8-19;;/h3-9,11-13H,1-2H3,(H2,25,26,27,28);2*1H4/b4-3+;;. The zero-order valence-corrected chi connectivity index (χ0v) is 15.6. The molecule has 0 radical (unpaired) electrons. The smallest absolute Gasteiger partial charge is 0.229 e. The first-order chi connectivity index (χ1) is 13.6. The van der Waals surface area contributed by atoms with Crippen molar-refractivity contribution in [2.75, 3.05) is 10.6 Å². The number of anilines is 4. The Hall–Kier alpha value is -4.16. The molecule has 2 aromatic carbocycles. The summed E-state index contributed by atoms with van der Waals surface area (Å²) in [5.41, 5.74) is 5.46. The molecule has 2 N–H and O–H groups in total. The molecule has 0 spiro atoms. The van der Waals surface area contributed by atoms with Crippen LogP contribution in [0.15, 0.2) is 54.7 Å². The number of hydrogen-bond acceptors (Lipinski definition) is 6. The molecule has 3 rings (SSSR count). The number of allylic oxidation sites excluding steroid dienone is 1. The highest BCUT2D eigenvalue weighted by Crippen LogP contribution is 2.26. The van der Waals surface area contributed by atoms with Crippen molar-refractivity contribution in [1.82, 2.24) is 9.97 Å². The summed E-state index contributed by atoms with van der Waals surface area (Å²) in [6.45, 7) is 4.02. The van der Waals surface area contributed by atoms with Crippen molar-refractivity contribution in [2.24, 2.45) is 0 Å². The lowest BCUT2D eigenvalue weighted by Crippen LogP contribution is -2.02. The third-order valence-corrected chi connectivity index (χ3v) is 4.08. The van der Waals surface area contributed by atoms with Crippen molar-refractivity contribution in [3.8, 4) is 12.1 Å². The van der Waals surface area contributed by atoms with Crippen LogP contribution in [0, 0.1) is 36.5 Å². The van der Waals surface area contributed by atoms with Crippen molar-refractivity contribution in [1.29, 1.82) is 10.5 Å². The van der Waals surface area contributed by atoms with Crippen molar-refractivity contribution in [2.45, 2.75) is 28.7 Å². The Morgan fingerprint density at radius 3 is 2.20 bits per heavy atom. The Bertz CT molecular complexity index is 1080. The Balaban J connectivity index is 0.00000225. The van der Waals surface area contributed by atoms with E-state index < -0.39 is 0 Å². The van der Waals surface area contributed by atoms with Crippen molar-refractivity contribution in [3.05, 3.63) is 77.0 Å². The summed E-state index contributed by atoms with van der Waals surface area (Å²) >= 11 is 0. The molecule has 0 atom stereocenters. The van der Waals surface area contributed by atoms with Gasteiger partial charge >= 0.3 is 0 Å². The van der Waals surface area contributed by atoms with Crippen LogP contribution in [-0.2, 0) is 0 Å². The van der Waals surface area contributed by atoms with Gasteiger partial charge in [-0.1, -0.05) is 14.9 Å². The largest absolute Gasteiger partial charge is 0.340 e. The van der Waals surface area contributed by atoms with E-state index >= 15 is 0 Å². The van der Waals surface area contributed by atoms with Crippen LogP contribution in [0.25, 0.3) is 6.08 Å². The second-order valence-corrected chi connectivity index (χ2v) is 6.20. The Morgan fingerprint density at radius 2 is 1.60 bits per heavy atom. The summed E-state index contributed by atoms with van der Waals surface area (Å²) < 4.78 is 0. The summed E-state index contributed by atoms with van der Waals surface area (Å²) in [7, 11) is 0. The van der Waals surface area contributed by atoms with Crippen LogP contribution in [0.1, 0.15) is 37.1 Å². The molecular formula is C24H26N6. The van der Waals surface area contributed by atoms with Gasteiger partial charge in [0.15, 0.2) is 0 Å². The summed E-state index contributed by atoms with van der Waals surface area (Å²) in [5.74, 6) is 1.12. The normalized spacial score (nSPS) is 9.60. The van der Waals surface area contributed by atoms with Gasteiger partial charge in [-0.15, -0.1) is 0 Å². The molecule has 152 valence electrons. The summed E-state index contributed by atoms with van der Waals surface area (Å²) in [6.07, 6.45) is 4.93. The molecule has 0 saturated heterocycles. The van der Waals surface area contributed by atoms with E-state index in [0.29, 0.717) is 17.3 Å². The lowest BCUT2D eigenvalue weighted by Gasteiger charge is -2.14. The highest BCUT2D eigenvalue weighted by Gasteiger charge is 2.07. The average Bonchev–Trinajstić information content (AvgIpc) is 2.70. The molecule has 0 amide bonds. The second kappa shape index (κ2) is 11.0. The average molecular weight is 399 g/mol. The SMILES string of the molecule is C.C.Cc1cc(/C=C/C#N)cc(C)c1Nc1ccnc(Nc2ccc(C#N)cc2)n1. The number of aromatic nitrogens is 2. The van der Waals surface area contributed by atoms with Gasteiger partial charge in [0.25, 0.3) is 0 Å². The molecule has 0 aliphatic heterocycles. The quantitative estimate of drug-likeness (QED) is 0.492. The van der Waals surface area contributed by atoms with Crippen LogP contribution in [0.5, 0.6) is 0 Å². The topological polar surface area (TPSA) is 97.4 Å². The minimum atomic E-state index is 0. The van der Waals surface area contributed by atoms with Gasteiger partial charge in [-0.25, -0.2) is 4.98 Å². The third-order valence-electron chi connectivity index (χ3n) is 4.08. The van der Waals surface area contributed by atoms with E-state index in [1.807, 2.05) is 44.2 Å². The van der Waals surface area contributed by atoms with Crippen LogP contribution in [-0.4, -0.2) is 9.97 Å². The summed E-state index contributed by atoms with van der Waals surface area (Å²) in [5, 5.41) is 24.0. The molecule has 0 aliphatic rings. The van der Waals surface area contributed by atoms with Gasteiger partial charge in [0.05, 0.1) is 17.7 Å². The van der Waals surface area contributed by atoms with Gasteiger partial charge in [0, 0.05) is 23.6 Å². The van der Waals surface area contributed by atoms with E-state index in [0.717, 1.165) is 28.1 Å². The van der Waals surface area contributed by atoms with Crippen molar-refractivity contribution in [3.63, 3.8) is 0 Å². The van der Waals surface area contributed by atoms with Crippen molar-refractivity contribution >= 4 is 29.2 Å². The van der Waals surface area contributed by atoms with E-state index in [-0.39, 0.29) is 14.9 Å². The Morgan fingerprint density at radius 1 is 0.933 bits per heavy atom. The summed E-state index contributed by atoms with van der Waals surface area (Å²) in [4.78, 5) is 8.75. The highest BCUT2D eigenvalue weighted by atomic mass is 15.1. The Labute approximate surface area is 178 Å². The predicted molar refractivity (Wildman–Crippen MR) is 124 cm³/mol. The van der Waals surface area contributed by atoms with Gasteiger partial charge in [-0.05, 0) is 79.1 Å². The maximum absolute atomic E-state index is 8.88. The second-order valence-electron chi connectivity index (χ2n) is 6.20. The number of nitrogens with one attached hydrogen (secondary N) is 2. The monoisotopic (exact) mass is 398 g/mol. The first-order valence-corrected chi connectivity index (χ1v) is 8.63. The molecule has 0 aliphatic carbocycles. The first kappa shape index (κ1) is 23.9. The fourth-order valence-corrected chi connectivity index (χ4v) is 2.80. The fraction of sp³-hybridized carbons (Fsp3) is 0.167. The number of hydrogen-bond donors (Lipinski definition) is 2. The maximum atomic E-state index is 8.88. The van der Waals surface area contributed by atoms with E-state index in [4.69, 9.17) is 10.5 Å². The van der Waals surface area contributed by atoms with Crippen LogP contribution in [0.2, 0.25) is 0 Å². The number of nitriles is 2. The van der Waals surface area contributed by atoms with Crippen LogP contribution in [0.3, 0.4) is 0 Å². The minimum Gasteiger partial charge on any atom is -0.340 e. The van der Waals surface area contributed by atoms with Crippen molar-refractivity contribution < 1.29 is 0 Å². The zero-order chi connectivity index (χ0) is 19.9. The molecule has 0 bridgehead atoms. The van der Waals surface area contributed by atoms with Crippen LogP contribution >= 0.6 is 0 Å². The summed E-state index contributed by atoms with van der Waals surface area (Å²) in [6, 6.07) is 17.0. The van der Waals surface area contributed by atoms with Gasteiger partial charge in [-0.2, -0.15) is 15.5 Å². The maximum Gasteiger partial charge on any atom is 0.229 e. The fourth-order valence-electron chi connectivity index (χ4n) is 2.80.